The topological polar surface area (TPSA) is 61.4 Å². The highest BCUT2D eigenvalue weighted by Gasteiger charge is 2.26. The second-order valence-electron chi connectivity index (χ2n) is 6.27. The molecule has 1 aromatic rings. The summed E-state index contributed by atoms with van der Waals surface area (Å²) in [6.07, 6.45) is 2.53. The minimum absolute atomic E-state index is 0.113. The van der Waals surface area contributed by atoms with Crippen molar-refractivity contribution in [2.45, 2.75) is 32.2 Å². The van der Waals surface area contributed by atoms with E-state index < -0.39 is 0 Å². The van der Waals surface area contributed by atoms with Gasteiger partial charge in [0.1, 0.15) is 0 Å². The molecule has 0 aromatic heterocycles. The number of benzene rings is 1. The summed E-state index contributed by atoms with van der Waals surface area (Å²) in [6.45, 7) is 4.06. The number of likely N-dealkylation sites (tertiary alicyclic amines) is 1. The first-order chi connectivity index (χ1) is 11.1. The van der Waals surface area contributed by atoms with Crippen LogP contribution in [0.15, 0.2) is 30.3 Å². The maximum Gasteiger partial charge on any atom is 0.224 e. The largest absolute Gasteiger partial charge is 0.349 e. The normalized spacial score (nSPS) is 19.2. The molecule has 5 heteroatoms. The van der Waals surface area contributed by atoms with Crippen LogP contribution in [0.3, 0.4) is 0 Å². The second-order valence-corrected chi connectivity index (χ2v) is 6.27. The summed E-state index contributed by atoms with van der Waals surface area (Å²) in [5, 5.41) is 6.10. The molecule has 1 aromatic carbocycles. The summed E-state index contributed by atoms with van der Waals surface area (Å²) < 4.78 is 0. The van der Waals surface area contributed by atoms with E-state index in [1.54, 1.807) is 0 Å². The van der Waals surface area contributed by atoms with E-state index in [1.807, 2.05) is 42.3 Å². The van der Waals surface area contributed by atoms with E-state index in [1.165, 1.54) is 13.3 Å². The van der Waals surface area contributed by atoms with E-state index in [-0.39, 0.29) is 17.9 Å². The highest BCUT2D eigenvalue weighted by atomic mass is 16.2. The summed E-state index contributed by atoms with van der Waals surface area (Å²) in [5.41, 5.74) is 0.972. The fraction of sp³-hybridized carbons (Fsp3) is 0.556. The molecule has 0 saturated carbocycles. The van der Waals surface area contributed by atoms with Crippen molar-refractivity contribution < 1.29 is 9.59 Å². The Labute approximate surface area is 138 Å². The van der Waals surface area contributed by atoms with Gasteiger partial charge >= 0.3 is 0 Å². The Balaban J connectivity index is 2.01. The van der Waals surface area contributed by atoms with Gasteiger partial charge in [-0.3, -0.25) is 9.59 Å². The van der Waals surface area contributed by atoms with Crippen molar-refractivity contribution in [2.75, 3.05) is 26.7 Å². The molecule has 5 nitrogen and oxygen atoms in total. The Kier molecular flexibility index (Phi) is 6.59. The number of carbonyl (C=O) groups is 2. The van der Waals surface area contributed by atoms with Crippen LogP contribution >= 0.6 is 0 Å². The van der Waals surface area contributed by atoms with Crippen LogP contribution in [0.1, 0.15) is 37.8 Å². The van der Waals surface area contributed by atoms with Gasteiger partial charge in [-0.25, -0.2) is 0 Å². The lowest BCUT2D eigenvalue weighted by atomic mass is 9.96. The fourth-order valence-corrected chi connectivity index (χ4v) is 3.23. The number of carbonyl (C=O) groups excluding carboxylic acids is 2. The molecule has 23 heavy (non-hydrogen) atoms. The minimum Gasteiger partial charge on any atom is -0.349 e. The Bertz CT molecular complexity index is 516. The summed E-state index contributed by atoms with van der Waals surface area (Å²) in [4.78, 5) is 26.1. The van der Waals surface area contributed by atoms with Crippen LogP contribution < -0.4 is 10.6 Å². The smallest absolute Gasteiger partial charge is 0.224 e. The molecule has 2 unspecified atom stereocenters. The van der Waals surface area contributed by atoms with E-state index in [9.17, 15) is 9.59 Å². The molecule has 0 radical (unpaired) electrons. The van der Waals surface area contributed by atoms with Gasteiger partial charge in [0.2, 0.25) is 11.8 Å². The predicted octanol–water partition coefficient (Wildman–Crippen LogP) is 1.71. The number of rotatable bonds is 6. The Hall–Kier alpha value is -1.88. The maximum atomic E-state index is 12.7. The third kappa shape index (κ3) is 5.36. The van der Waals surface area contributed by atoms with Gasteiger partial charge in [-0.1, -0.05) is 30.3 Å². The van der Waals surface area contributed by atoms with E-state index in [0.29, 0.717) is 12.3 Å². The summed E-state index contributed by atoms with van der Waals surface area (Å²) in [5.74, 6) is 0.528. The van der Waals surface area contributed by atoms with Gasteiger partial charge in [0.05, 0.1) is 12.5 Å². The second kappa shape index (κ2) is 8.67. The molecule has 2 N–H and O–H groups in total. The Morgan fingerprint density at radius 2 is 2.04 bits per heavy atom. The van der Waals surface area contributed by atoms with Gasteiger partial charge in [0.15, 0.2) is 0 Å². The van der Waals surface area contributed by atoms with Crippen molar-refractivity contribution in [2.24, 2.45) is 5.92 Å². The molecule has 2 rings (SSSR count). The van der Waals surface area contributed by atoms with Crippen LogP contribution in [-0.4, -0.2) is 43.4 Å². The molecule has 2 atom stereocenters. The summed E-state index contributed by atoms with van der Waals surface area (Å²) >= 11 is 0. The minimum atomic E-state index is -0.258. The van der Waals surface area contributed by atoms with Gasteiger partial charge in [-0.2, -0.15) is 0 Å². The number of nitrogens with zero attached hydrogens (tertiary/aromatic N) is 1. The standard InChI is InChI=1S/C18H27N3O2/c1-14(22)20-17(16-8-4-3-5-9-16)11-18(23)21-10-6-7-15(13-21)12-19-2/h3-5,8-9,15,17,19H,6-7,10-13H2,1-2H3,(H,20,22). The molecule has 1 fully saturated rings. The van der Waals surface area contributed by atoms with Crippen molar-refractivity contribution >= 4 is 11.8 Å². The molecule has 0 aliphatic carbocycles. The van der Waals surface area contributed by atoms with Crippen LogP contribution in [0.4, 0.5) is 0 Å². The van der Waals surface area contributed by atoms with Crippen molar-refractivity contribution in [3.05, 3.63) is 35.9 Å². The van der Waals surface area contributed by atoms with E-state index in [2.05, 4.69) is 10.6 Å². The monoisotopic (exact) mass is 317 g/mol. The molecule has 1 aliphatic rings. The third-order valence-corrected chi connectivity index (χ3v) is 4.32. The maximum absolute atomic E-state index is 12.7. The van der Waals surface area contributed by atoms with Crippen LogP contribution in [0.25, 0.3) is 0 Å². The van der Waals surface area contributed by atoms with Crippen LogP contribution in [0, 0.1) is 5.92 Å². The van der Waals surface area contributed by atoms with Crippen molar-refractivity contribution in [3.8, 4) is 0 Å². The Morgan fingerprint density at radius 1 is 1.30 bits per heavy atom. The molecular formula is C18H27N3O2. The first-order valence-electron chi connectivity index (χ1n) is 8.34. The zero-order valence-corrected chi connectivity index (χ0v) is 14.0. The number of piperidine rings is 1. The SMILES string of the molecule is CNCC1CCCN(C(=O)CC(NC(C)=O)c2ccccc2)C1. The highest BCUT2D eigenvalue weighted by Crippen LogP contribution is 2.21. The summed E-state index contributed by atoms with van der Waals surface area (Å²) in [6, 6.07) is 9.44. The zero-order chi connectivity index (χ0) is 16.7. The first kappa shape index (κ1) is 17.5. The number of nitrogens with one attached hydrogen (secondary N) is 2. The van der Waals surface area contributed by atoms with Crippen molar-refractivity contribution in [1.82, 2.24) is 15.5 Å². The number of hydrogen-bond acceptors (Lipinski definition) is 3. The van der Waals surface area contributed by atoms with Gasteiger partial charge < -0.3 is 15.5 Å². The van der Waals surface area contributed by atoms with Gasteiger partial charge in [-0.15, -0.1) is 0 Å². The van der Waals surface area contributed by atoms with Crippen LogP contribution in [0.5, 0.6) is 0 Å². The average molecular weight is 317 g/mol. The quantitative estimate of drug-likeness (QED) is 0.840. The molecule has 0 bridgehead atoms. The predicted molar refractivity (Wildman–Crippen MR) is 90.8 cm³/mol. The van der Waals surface area contributed by atoms with Gasteiger partial charge in [0.25, 0.3) is 0 Å². The van der Waals surface area contributed by atoms with Crippen molar-refractivity contribution in [1.29, 1.82) is 0 Å². The molecule has 126 valence electrons. The van der Waals surface area contributed by atoms with E-state index in [4.69, 9.17) is 0 Å². The first-order valence-corrected chi connectivity index (χ1v) is 8.34. The fourth-order valence-electron chi connectivity index (χ4n) is 3.23. The molecule has 1 heterocycles. The zero-order valence-electron chi connectivity index (χ0n) is 14.0. The molecule has 2 amide bonds. The lowest BCUT2D eigenvalue weighted by Crippen LogP contribution is -2.43. The average Bonchev–Trinajstić information content (AvgIpc) is 2.55. The van der Waals surface area contributed by atoms with Gasteiger partial charge in [0, 0.05) is 20.0 Å². The van der Waals surface area contributed by atoms with Crippen LogP contribution in [-0.2, 0) is 9.59 Å². The number of amides is 2. The Morgan fingerprint density at radius 3 is 2.70 bits per heavy atom. The molecule has 1 aliphatic heterocycles. The molecule has 0 spiro atoms. The number of hydrogen-bond donors (Lipinski definition) is 2. The van der Waals surface area contributed by atoms with Crippen molar-refractivity contribution in [3.63, 3.8) is 0 Å². The van der Waals surface area contributed by atoms with E-state index >= 15 is 0 Å². The highest BCUT2D eigenvalue weighted by molar-refractivity contribution is 5.79. The molecular weight excluding hydrogens is 290 g/mol. The van der Waals surface area contributed by atoms with Gasteiger partial charge in [-0.05, 0) is 37.9 Å². The van der Waals surface area contributed by atoms with E-state index in [0.717, 1.165) is 31.6 Å². The van der Waals surface area contributed by atoms with Crippen LogP contribution in [0.2, 0.25) is 0 Å². The lowest BCUT2D eigenvalue weighted by Gasteiger charge is -2.33. The third-order valence-electron chi connectivity index (χ3n) is 4.32. The lowest BCUT2D eigenvalue weighted by molar-refractivity contribution is -0.133. The summed E-state index contributed by atoms with van der Waals surface area (Å²) in [7, 11) is 1.95. The molecule has 1 saturated heterocycles.